The summed E-state index contributed by atoms with van der Waals surface area (Å²) >= 11 is 1.17. The molecule has 5 nitrogen and oxygen atoms in total. The topological polar surface area (TPSA) is 79.3 Å². The quantitative estimate of drug-likeness (QED) is 0.886. The first-order valence-electron chi connectivity index (χ1n) is 6.74. The minimum Gasteiger partial charge on any atom is -0.476 e. The van der Waals surface area contributed by atoms with E-state index in [0.29, 0.717) is 23.4 Å². The Kier molecular flexibility index (Phi) is 3.66. The maximum Gasteiger partial charge on any atom is 0.355 e. The van der Waals surface area contributed by atoms with Crippen LogP contribution in [0.4, 0.5) is 4.39 Å². The van der Waals surface area contributed by atoms with Gasteiger partial charge in [-0.3, -0.25) is 4.79 Å². The van der Waals surface area contributed by atoms with Gasteiger partial charge in [0.1, 0.15) is 10.8 Å². The van der Waals surface area contributed by atoms with Crippen molar-refractivity contribution in [2.45, 2.75) is 24.8 Å². The summed E-state index contributed by atoms with van der Waals surface area (Å²) in [6.07, 6.45) is 1.22. The molecule has 1 saturated carbocycles. The van der Waals surface area contributed by atoms with Crippen LogP contribution in [-0.2, 0) is 16.8 Å². The highest BCUT2D eigenvalue weighted by Gasteiger charge is 2.52. The zero-order valence-corrected chi connectivity index (χ0v) is 12.3. The number of hydrogen-bond acceptors (Lipinski definition) is 4. The van der Waals surface area contributed by atoms with Gasteiger partial charge >= 0.3 is 5.97 Å². The van der Waals surface area contributed by atoms with Crippen LogP contribution in [0.1, 0.15) is 33.9 Å². The number of amides is 1. The van der Waals surface area contributed by atoms with E-state index in [1.807, 2.05) is 0 Å². The fourth-order valence-electron chi connectivity index (χ4n) is 2.41. The number of carbonyl (C=O) groups is 2. The van der Waals surface area contributed by atoms with Crippen molar-refractivity contribution in [3.05, 3.63) is 51.7 Å². The number of aromatic carboxylic acids is 1. The number of thiazole rings is 1. The highest BCUT2D eigenvalue weighted by atomic mass is 32.1. The van der Waals surface area contributed by atoms with Crippen molar-refractivity contribution in [2.24, 2.45) is 0 Å². The molecule has 22 heavy (non-hydrogen) atoms. The highest BCUT2D eigenvalue weighted by molar-refractivity contribution is 7.09. The molecule has 0 bridgehead atoms. The van der Waals surface area contributed by atoms with Crippen molar-refractivity contribution < 1.29 is 19.1 Å². The molecule has 1 fully saturated rings. The second-order valence-corrected chi connectivity index (χ2v) is 6.12. The zero-order chi connectivity index (χ0) is 15.7. The van der Waals surface area contributed by atoms with Crippen molar-refractivity contribution in [1.82, 2.24) is 10.3 Å². The predicted octanol–water partition coefficient (Wildman–Crippen LogP) is 2.33. The third-order valence-corrected chi connectivity index (χ3v) is 4.59. The molecule has 1 aromatic heterocycles. The number of carboxylic acid groups (broad SMARTS) is 1. The number of benzene rings is 1. The molecule has 1 aliphatic rings. The van der Waals surface area contributed by atoms with Gasteiger partial charge in [-0.15, -0.1) is 11.3 Å². The largest absolute Gasteiger partial charge is 0.476 e. The molecule has 1 amide bonds. The summed E-state index contributed by atoms with van der Waals surface area (Å²) in [5.41, 5.74) is -0.416. The molecule has 0 atom stereocenters. The van der Waals surface area contributed by atoms with Gasteiger partial charge in [-0.2, -0.15) is 0 Å². The van der Waals surface area contributed by atoms with Crippen LogP contribution >= 0.6 is 11.3 Å². The third-order valence-electron chi connectivity index (χ3n) is 3.75. The van der Waals surface area contributed by atoms with Crippen LogP contribution in [0.15, 0.2) is 29.6 Å². The molecule has 1 aromatic carbocycles. The minimum absolute atomic E-state index is 0.0375. The summed E-state index contributed by atoms with van der Waals surface area (Å²) in [5, 5.41) is 13.5. The number of hydrogen-bond donors (Lipinski definition) is 2. The van der Waals surface area contributed by atoms with E-state index in [2.05, 4.69) is 10.3 Å². The lowest BCUT2D eigenvalue weighted by Gasteiger charge is -2.15. The van der Waals surface area contributed by atoms with Gasteiger partial charge in [0.15, 0.2) is 5.69 Å². The Hall–Kier alpha value is -2.28. The molecule has 2 N–H and O–H groups in total. The van der Waals surface area contributed by atoms with Crippen LogP contribution in [0, 0.1) is 5.82 Å². The Morgan fingerprint density at radius 3 is 2.68 bits per heavy atom. The molecule has 7 heteroatoms. The van der Waals surface area contributed by atoms with Gasteiger partial charge in [-0.1, -0.05) is 18.2 Å². The van der Waals surface area contributed by atoms with Gasteiger partial charge < -0.3 is 10.4 Å². The van der Waals surface area contributed by atoms with E-state index >= 15 is 0 Å². The molecular weight excluding hydrogens is 307 g/mol. The summed E-state index contributed by atoms with van der Waals surface area (Å²) in [5.74, 6) is -1.72. The number of aromatic nitrogens is 1. The van der Waals surface area contributed by atoms with Crippen LogP contribution in [-0.4, -0.2) is 22.0 Å². The average Bonchev–Trinajstić information content (AvgIpc) is 3.16. The van der Waals surface area contributed by atoms with E-state index < -0.39 is 11.4 Å². The lowest BCUT2D eigenvalue weighted by molar-refractivity contribution is -0.123. The number of nitrogens with one attached hydrogen (secondary N) is 1. The summed E-state index contributed by atoms with van der Waals surface area (Å²) in [7, 11) is 0. The van der Waals surface area contributed by atoms with Crippen molar-refractivity contribution in [3.63, 3.8) is 0 Å². The molecule has 3 rings (SSSR count). The second-order valence-electron chi connectivity index (χ2n) is 5.18. The first-order chi connectivity index (χ1) is 10.5. The van der Waals surface area contributed by atoms with E-state index in [0.717, 1.165) is 0 Å². The van der Waals surface area contributed by atoms with Gasteiger partial charge in [-0.05, 0) is 18.9 Å². The zero-order valence-electron chi connectivity index (χ0n) is 11.5. The van der Waals surface area contributed by atoms with Crippen molar-refractivity contribution in [3.8, 4) is 0 Å². The van der Waals surface area contributed by atoms with Gasteiger partial charge in [0.25, 0.3) is 0 Å². The molecule has 2 aromatic rings. The Balaban J connectivity index is 1.69. The average molecular weight is 320 g/mol. The monoisotopic (exact) mass is 320 g/mol. The Labute approximate surface area is 129 Å². The molecular formula is C15H13FN2O3S. The molecule has 0 aliphatic heterocycles. The number of halogens is 1. The van der Waals surface area contributed by atoms with Gasteiger partial charge in [0.05, 0.1) is 12.0 Å². The molecule has 0 spiro atoms. The SMILES string of the molecule is O=C(O)c1csc(CNC(=O)C2(c3ccccc3F)CC2)n1. The lowest BCUT2D eigenvalue weighted by atomic mass is 9.94. The van der Waals surface area contributed by atoms with E-state index in [1.54, 1.807) is 18.2 Å². The molecule has 0 saturated heterocycles. The van der Waals surface area contributed by atoms with Gasteiger partial charge in [0, 0.05) is 10.9 Å². The summed E-state index contributed by atoms with van der Waals surface area (Å²) in [6.45, 7) is 0.146. The molecule has 1 aliphatic carbocycles. The number of carbonyl (C=O) groups excluding carboxylic acids is 1. The van der Waals surface area contributed by atoms with Crippen LogP contribution in [0.5, 0.6) is 0 Å². The van der Waals surface area contributed by atoms with Gasteiger partial charge in [0.2, 0.25) is 5.91 Å². The number of carboxylic acids is 1. The van der Waals surface area contributed by atoms with Crippen molar-refractivity contribution in [1.29, 1.82) is 0 Å². The molecule has 114 valence electrons. The summed E-state index contributed by atoms with van der Waals surface area (Å²) < 4.78 is 13.9. The molecule has 0 radical (unpaired) electrons. The standard InChI is InChI=1S/C15H13FN2O3S/c16-10-4-2-1-3-9(10)15(5-6-15)14(21)17-7-12-18-11(8-22-12)13(19)20/h1-4,8H,5-7H2,(H,17,21)(H,19,20). The molecule has 1 heterocycles. The second kappa shape index (κ2) is 5.49. The maximum absolute atomic E-state index is 13.9. The first kappa shape index (κ1) is 14.6. The number of nitrogens with zero attached hydrogens (tertiary/aromatic N) is 1. The predicted molar refractivity (Wildman–Crippen MR) is 78.2 cm³/mol. The van der Waals surface area contributed by atoms with Crippen LogP contribution in [0.3, 0.4) is 0 Å². The van der Waals surface area contributed by atoms with Crippen molar-refractivity contribution >= 4 is 23.2 Å². The van der Waals surface area contributed by atoms with E-state index in [1.165, 1.54) is 22.8 Å². The van der Waals surface area contributed by atoms with Gasteiger partial charge in [-0.25, -0.2) is 14.2 Å². The van der Waals surface area contributed by atoms with Crippen molar-refractivity contribution in [2.75, 3.05) is 0 Å². The van der Waals surface area contributed by atoms with E-state index in [9.17, 15) is 14.0 Å². The Bertz CT molecular complexity index is 740. The number of rotatable bonds is 5. The summed E-state index contributed by atoms with van der Waals surface area (Å²) in [4.78, 5) is 27.0. The van der Waals surface area contributed by atoms with Crippen LogP contribution in [0.2, 0.25) is 0 Å². The highest BCUT2D eigenvalue weighted by Crippen LogP contribution is 2.49. The smallest absolute Gasteiger partial charge is 0.355 e. The Morgan fingerprint density at radius 1 is 1.36 bits per heavy atom. The summed E-state index contributed by atoms with van der Waals surface area (Å²) in [6, 6.07) is 6.29. The fraction of sp³-hybridized carbons (Fsp3) is 0.267. The Morgan fingerprint density at radius 2 is 2.09 bits per heavy atom. The normalized spacial score (nSPS) is 15.3. The molecule has 0 unspecified atom stereocenters. The van der Waals surface area contributed by atoms with E-state index in [-0.39, 0.29) is 24.0 Å². The fourth-order valence-corrected chi connectivity index (χ4v) is 3.12. The third kappa shape index (κ3) is 2.59. The van der Waals surface area contributed by atoms with Crippen LogP contribution in [0.25, 0.3) is 0 Å². The minimum atomic E-state index is -1.10. The first-order valence-corrected chi connectivity index (χ1v) is 7.62. The van der Waals surface area contributed by atoms with E-state index in [4.69, 9.17) is 5.11 Å². The maximum atomic E-state index is 13.9. The van der Waals surface area contributed by atoms with Crippen LogP contribution < -0.4 is 5.32 Å². The lowest BCUT2D eigenvalue weighted by Crippen LogP contribution is -2.34.